The summed E-state index contributed by atoms with van der Waals surface area (Å²) in [4.78, 5) is 2.17. The lowest BCUT2D eigenvalue weighted by molar-refractivity contribution is 0.370. The van der Waals surface area contributed by atoms with Crippen LogP contribution in [-0.2, 0) is 13.0 Å². The molecule has 1 aromatic rings. The van der Waals surface area contributed by atoms with Crippen molar-refractivity contribution in [3.8, 4) is 0 Å². The predicted molar refractivity (Wildman–Crippen MR) is 67.6 cm³/mol. The molecule has 0 aliphatic carbocycles. The van der Waals surface area contributed by atoms with E-state index in [1.54, 1.807) is 0 Å². The zero-order valence-electron chi connectivity index (χ0n) is 11.1. The molecule has 1 rings (SSSR count). The molecule has 0 aliphatic rings. The third kappa shape index (κ3) is 3.32. The van der Waals surface area contributed by atoms with Gasteiger partial charge < -0.3 is 10.6 Å². The van der Waals surface area contributed by atoms with Crippen LogP contribution in [0, 0.1) is 13.8 Å². The molecular formula is C12H24N4. The predicted octanol–water partition coefficient (Wildman–Crippen LogP) is 0.951. The Balaban J connectivity index is 2.80. The minimum atomic E-state index is 0.198. The van der Waals surface area contributed by atoms with Crippen molar-refractivity contribution in [2.45, 2.75) is 39.8 Å². The third-order valence-corrected chi connectivity index (χ3v) is 2.82. The zero-order valence-corrected chi connectivity index (χ0v) is 11.1. The molecule has 16 heavy (non-hydrogen) atoms. The molecule has 4 heteroatoms. The van der Waals surface area contributed by atoms with Gasteiger partial charge in [-0.1, -0.05) is 0 Å². The number of hydrogen-bond donors (Lipinski definition) is 1. The van der Waals surface area contributed by atoms with Gasteiger partial charge in [0.05, 0.1) is 12.2 Å². The minimum Gasteiger partial charge on any atom is -0.328 e. The number of rotatable bonds is 5. The smallest absolute Gasteiger partial charge is 0.0629 e. The molecule has 92 valence electrons. The maximum Gasteiger partial charge on any atom is 0.0629 e. The van der Waals surface area contributed by atoms with Gasteiger partial charge in [0.15, 0.2) is 0 Å². The highest BCUT2D eigenvalue weighted by atomic mass is 15.3. The van der Waals surface area contributed by atoms with Crippen LogP contribution in [0.15, 0.2) is 0 Å². The molecule has 4 nitrogen and oxygen atoms in total. The molecule has 0 bridgehead atoms. The van der Waals surface area contributed by atoms with Crippen LogP contribution >= 0.6 is 0 Å². The molecule has 0 saturated carbocycles. The Morgan fingerprint density at radius 2 is 2.00 bits per heavy atom. The Labute approximate surface area is 98.4 Å². The van der Waals surface area contributed by atoms with E-state index in [9.17, 15) is 0 Å². The van der Waals surface area contributed by atoms with Crippen LogP contribution in [0.4, 0.5) is 0 Å². The maximum absolute atomic E-state index is 5.85. The second-order valence-electron chi connectivity index (χ2n) is 4.86. The second kappa shape index (κ2) is 5.46. The lowest BCUT2D eigenvalue weighted by Crippen LogP contribution is -2.20. The first kappa shape index (κ1) is 13.2. The van der Waals surface area contributed by atoms with Gasteiger partial charge in [-0.05, 0) is 46.9 Å². The van der Waals surface area contributed by atoms with Crippen LogP contribution in [0.3, 0.4) is 0 Å². The van der Waals surface area contributed by atoms with Gasteiger partial charge in [-0.25, -0.2) is 0 Å². The summed E-state index contributed by atoms with van der Waals surface area (Å²) in [6.45, 7) is 8.19. The van der Waals surface area contributed by atoms with E-state index in [0.29, 0.717) is 0 Å². The highest BCUT2D eigenvalue weighted by Crippen LogP contribution is 2.14. The number of aryl methyl sites for hydroxylation is 1. The van der Waals surface area contributed by atoms with Crippen molar-refractivity contribution in [1.82, 2.24) is 14.7 Å². The quantitative estimate of drug-likeness (QED) is 0.810. The van der Waals surface area contributed by atoms with Crippen molar-refractivity contribution in [2.24, 2.45) is 5.73 Å². The molecule has 0 amide bonds. The van der Waals surface area contributed by atoms with Crippen LogP contribution in [0.2, 0.25) is 0 Å². The number of nitrogens with zero attached hydrogens (tertiary/aromatic N) is 3. The molecule has 0 aromatic carbocycles. The Hall–Kier alpha value is -0.870. The first-order chi connectivity index (χ1) is 7.41. The van der Waals surface area contributed by atoms with Gasteiger partial charge in [0.1, 0.15) is 0 Å². The number of likely N-dealkylation sites (N-methyl/N-ethyl adjacent to an activating group) is 1. The van der Waals surface area contributed by atoms with Crippen molar-refractivity contribution >= 4 is 0 Å². The van der Waals surface area contributed by atoms with Crippen LogP contribution in [0.5, 0.6) is 0 Å². The molecule has 0 fully saturated rings. The topological polar surface area (TPSA) is 47.1 Å². The van der Waals surface area contributed by atoms with E-state index in [1.807, 2.05) is 6.92 Å². The second-order valence-corrected chi connectivity index (χ2v) is 4.86. The highest BCUT2D eigenvalue weighted by Gasteiger charge is 2.12. The van der Waals surface area contributed by atoms with Crippen molar-refractivity contribution in [2.75, 3.05) is 20.6 Å². The third-order valence-electron chi connectivity index (χ3n) is 2.82. The summed E-state index contributed by atoms with van der Waals surface area (Å²) in [5.41, 5.74) is 9.54. The minimum absolute atomic E-state index is 0.198. The van der Waals surface area contributed by atoms with Crippen molar-refractivity contribution in [3.05, 3.63) is 17.0 Å². The Morgan fingerprint density at radius 3 is 2.50 bits per heavy atom. The van der Waals surface area contributed by atoms with Crippen LogP contribution < -0.4 is 5.73 Å². The number of hydrogen-bond acceptors (Lipinski definition) is 3. The average Bonchev–Trinajstić information content (AvgIpc) is 2.42. The van der Waals surface area contributed by atoms with E-state index in [4.69, 9.17) is 5.73 Å². The summed E-state index contributed by atoms with van der Waals surface area (Å²) in [5.74, 6) is 0. The molecule has 0 saturated heterocycles. The summed E-state index contributed by atoms with van der Waals surface area (Å²) >= 11 is 0. The number of nitrogens with two attached hydrogens (primary N) is 1. The molecule has 2 N–H and O–H groups in total. The van der Waals surface area contributed by atoms with E-state index >= 15 is 0 Å². The molecule has 1 aromatic heterocycles. The van der Waals surface area contributed by atoms with Crippen LogP contribution in [-0.4, -0.2) is 41.4 Å². The maximum atomic E-state index is 5.85. The first-order valence-corrected chi connectivity index (χ1v) is 5.85. The monoisotopic (exact) mass is 224 g/mol. The summed E-state index contributed by atoms with van der Waals surface area (Å²) in [7, 11) is 4.16. The SMILES string of the molecule is Cc1nn(CCN(C)C)c(C)c1CC(C)N. The van der Waals surface area contributed by atoms with Gasteiger partial charge in [0.2, 0.25) is 0 Å². The highest BCUT2D eigenvalue weighted by molar-refractivity contribution is 5.25. The molecule has 1 heterocycles. The van der Waals surface area contributed by atoms with Crippen molar-refractivity contribution < 1.29 is 0 Å². The van der Waals surface area contributed by atoms with Crippen molar-refractivity contribution in [1.29, 1.82) is 0 Å². The fourth-order valence-electron chi connectivity index (χ4n) is 1.86. The van der Waals surface area contributed by atoms with Crippen molar-refractivity contribution in [3.63, 3.8) is 0 Å². The zero-order chi connectivity index (χ0) is 12.3. The van der Waals surface area contributed by atoms with E-state index in [0.717, 1.165) is 25.2 Å². The molecular weight excluding hydrogens is 200 g/mol. The lowest BCUT2D eigenvalue weighted by Gasteiger charge is -2.11. The Morgan fingerprint density at radius 1 is 1.38 bits per heavy atom. The molecule has 0 aliphatic heterocycles. The van der Waals surface area contributed by atoms with Gasteiger partial charge in [-0.3, -0.25) is 4.68 Å². The molecule has 0 radical (unpaired) electrons. The van der Waals surface area contributed by atoms with E-state index in [2.05, 4.69) is 42.6 Å². The summed E-state index contributed by atoms with van der Waals surface area (Å²) in [6.07, 6.45) is 0.916. The first-order valence-electron chi connectivity index (χ1n) is 5.85. The summed E-state index contributed by atoms with van der Waals surface area (Å²) in [5, 5.41) is 4.57. The Bertz CT molecular complexity index is 339. The van der Waals surface area contributed by atoms with Gasteiger partial charge in [0.25, 0.3) is 0 Å². The standard InChI is InChI=1S/C12H24N4/c1-9(13)8-12-10(2)14-16(11(12)3)7-6-15(4)5/h9H,6-8,13H2,1-5H3. The lowest BCUT2D eigenvalue weighted by atomic mass is 10.1. The normalized spacial score (nSPS) is 13.4. The average molecular weight is 224 g/mol. The fraction of sp³-hybridized carbons (Fsp3) is 0.750. The molecule has 1 unspecified atom stereocenters. The van der Waals surface area contributed by atoms with E-state index in [1.165, 1.54) is 11.3 Å². The van der Waals surface area contributed by atoms with Gasteiger partial charge in [-0.15, -0.1) is 0 Å². The largest absolute Gasteiger partial charge is 0.328 e. The van der Waals surface area contributed by atoms with Crippen LogP contribution in [0.25, 0.3) is 0 Å². The van der Waals surface area contributed by atoms with Gasteiger partial charge >= 0.3 is 0 Å². The molecule has 0 spiro atoms. The van der Waals surface area contributed by atoms with E-state index in [-0.39, 0.29) is 6.04 Å². The van der Waals surface area contributed by atoms with E-state index < -0.39 is 0 Å². The number of aromatic nitrogens is 2. The Kier molecular flexibility index (Phi) is 4.50. The fourth-order valence-corrected chi connectivity index (χ4v) is 1.86. The van der Waals surface area contributed by atoms with Gasteiger partial charge in [-0.2, -0.15) is 5.10 Å². The summed E-state index contributed by atoms with van der Waals surface area (Å²) in [6, 6.07) is 0.198. The van der Waals surface area contributed by atoms with Crippen LogP contribution in [0.1, 0.15) is 23.9 Å². The molecule has 1 atom stereocenters. The van der Waals surface area contributed by atoms with Gasteiger partial charge in [0, 0.05) is 18.3 Å². The summed E-state index contributed by atoms with van der Waals surface area (Å²) < 4.78 is 2.09.